The summed E-state index contributed by atoms with van der Waals surface area (Å²) in [5.41, 5.74) is 3.36. The lowest BCUT2D eigenvalue weighted by molar-refractivity contribution is -0.130. The summed E-state index contributed by atoms with van der Waals surface area (Å²) in [6.07, 6.45) is 7.95. The van der Waals surface area contributed by atoms with Crippen molar-refractivity contribution in [3.63, 3.8) is 0 Å². The van der Waals surface area contributed by atoms with Crippen molar-refractivity contribution in [2.24, 2.45) is 23.7 Å². The number of carbonyl (C=O) groups excluding carboxylic acids is 2. The molecule has 0 saturated heterocycles. The summed E-state index contributed by atoms with van der Waals surface area (Å²) in [4.78, 5) is 30.4. The van der Waals surface area contributed by atoms with Crippen molar-refractivity contribution in [1.29, 1.82) is 0 Å². The number of nitrogens with one attached hydrogen (secondary N) is 1. The van der Waals surface area contributed by atoms with Crippen LogP contribution < -0.4 is 14.4 Å². The molecule has 2 amide bonds. The fourth-order valence-electron chi connectivity index (χ4n) is 7.20. The fourth-order valence-corrected chi connectivity index (χ4v) is 8.71. The van der Waals surface area contributed by atoms with E-state index in [9.17, 15) is 18.0 Å². The molecule has 1 saturated carbocycles. The number of carbonyl (C=O) groups is 2. The molecule has 2 aliphatic heterocycles. The molecule has 1 aliphatic carbocycles. The Labute approximate surface area is 273 Å². The molecule has 2 aromatic carbocycles. The fraction of sp³-hybridized carbons (Fsp3) is 0.600. The van der Waals surface area contributed by atoms with Gasteiger partial charge in [0.25, 0.3) is 5.91 Å². The van der Waals surface area contributed by atoms with Gasteiger partial charge < -0.3 is 14.5 Å². The standard InChI is InChI=1S/C35H48ClN3O5S/c1-23-8-7-10-26(20-34(40)38(3)4)31-15-12-28(31)21-39-17-6-5-9-25-18-30(36)14-11-29(25)22-44-33-16-13-27(19-32(33)39)35(41)37-45(42,43)24(23)2/h11,13-14,16,18-19,23-24,26,28,31H,5-10,12,15,17,20-22H2,1-4H3,(H,37,41)/t23-,24?,26+,28-,31?/m0/s1. The molecule has 2 bridgehead atoms. The van der Waals surface area contributed by atoms with Crippen LogP contribution in [0, 0.1) is 23.7 Å². The third-order valence-corrected chi connectivity index (χ3v) is 12.6. The molecule has 2 heterocycles. The number of amides is 2. The topological polar surface area (TPSA) is 96.0 Å². The molecule has 1 N–H and O–H groups in total. The summed E-state index contributed by atoms with van der Waals surface area (Å²) >= 11 is 6.34. The predicted octanol–water partition coefficient (Wildman–Crippen LogP) is 6.45. The largest absolute Gasteiger partial charge is 0.487 e. The summed E-state index contributed by atoms with van der Waals surface area (Å²) in [7, 11) is -0.277. The van der Waals surface area contributed by atoms with E-state index in [4.69, 9.17) is 16.3 Å². The zero-order valence-corrected chi connectivity index (χ0v) is 28.6. The van der Waals surface area contributed by atoms with Gasteiger partial charge >= 0.3 is 0 Å². The number of rotatable bonds is 2. The molecule has 0 aromatic heterocycles. The van der Waals surface area contributed by atoms with Crippen LogP contribution in [0.3, 0.4) is 0 Å². The van der Waals surface area contributed by atoms with E-state index in [-0.39, 0.29) is 17.7 Å². The van der Waals surface area contributed by atoms with Crippen LogP contribution in [0.5, 0.6) is 5.75 Å². The maximum Gasteiger partial charge on any atom is 0.264 e. The molecule has 5 rings (SSSR count). The van der Waals surface area contributed by atoms with Crippen LogP contribution in [0.2, 0.25) is 5.02 Å². The van der Waals surface area contributed by atoms with E-state index in [1.54, 1.807) is 30.0 Å². The number of aryl methyl sites for hydroxylation is 1. The van der Waals surface area contributed by atoms with Crippen molar-refractivity contribution in [2.45, 2.75) is 83.5 Å². The van der Waals surface area contributed by atoms with E-state index in [2.05, 4.69) is 9.62 Å². The maximum absolute atomic E-state index is 13.4. The van der Waals surface area contributed by atoms with Crippen molar-refractivity contribution in [1.82, 2.24) is 9.62 Å². The Balaban J connectivity index is 1.53. The monoisotopic (exact) mass is 657 g/mol. The number of hydrogen-bond donors (Lipinski definition) is 1. The molecule has 10 heteroatoms. The van der Waals surface area contributed by atoms with Crippen LogP contribution in [0.15, 0.2) is 36.4 Å². The Morgan fingerprint density at radius 3 is 2.56 bits per heavy atom. The molecule has 45 heavy (non-hydrogen) atoms. The van der Waals surface area contributed by atoms with E-state index in [1.165, 1.54) is 5.56 Å². The summed E-state index contributed by atoms with van der Waals surface area (Å²) in [5.74, 6) is 1.12. The summed E-state index contributed by atoms with van der Waals surface area (Å²) in [6.45, 7) is 5.54. The van der Waals surface area contributed by atoms with Gasteiger partial charge in [0.05, 0.1) is 10.9 Å². The number of benzene rings is 2. The quantitative estimate of drug-likeness (QED) is 0.399. The van der Waals surface area contributed by atoms with E-state index in [0.717, 1.165) is 75.7 Å². The van der Waals surface area contributed by atoms with Gasteiger partial charge in [-0.05, 0) is 117 Å². The lowest BCUT2D eigenvalue weighted by Crippen LogP contribution is -2.43. The second kappa shape index (κ2) is 14.3. The van der Waals surface area contributed by atoms with Crippen LogP contribution in [-0.4, -0.2) is 57.6 Å². The summed E-state index contributed by atoms with van der Waals surface area (Å²) in [5, 5.41) is -0.0244. The maximum atomic E-state index is 13.4. The van der Waals surface area contributed by atoms with Gasteiger partial charge in [0.1, 0.15) is 12.4 Å². The molecular weight excluding hydrogens is 610 g/mol. The van der Waals surface area contributed by atoms with Crippen molar-refractivity contribution in [2.75, 3.05) is 32.1 Å². The molecule has 5 atom stereocenters. The van der Waals surface area contributed by atoms with Crippen LogP contribution in [0.25, 0.3) is 0 Å². The van der Waals surface area contributed by atoms with Crippen molar-refractivity contribution < 1.29 is 22.7 Å². The van der Waals surface area contributed by atoms with Crippen LogP contribution in [0.4, 0.5) is 5.69 Å². The molecule has 1 fully saturated rings. The number of hydrogen-bond acceptors (Lipinski definition) is 6. The van der Waals surface area contributed by atoms with Gasteiger partial charge in [-0.3, -0.25) is 9.59 Å². The highest BCUT2D eigenvalue weighted by Gasteiger charge is 2.39. The van der Waals surface area contributed by atoms with Crippen LogP contribution in [0.1, 0.15) is 86.7 Å². The first-order valence-corrected chi connectivity index (χ1v) is 18.4. The summed E-state index contributed by atoms with van der Waals surface area (Å²) < 4.78 is 35.5. The zero-order valence-electron chi connectivity index (χ0n) is 27.1. The molecule has 246 valence electrons. The van der Waals surface area contributed by atoms with Gasteiger partial charge in [-0.1, -0.05) is 31.0 Å². The average Bonchev–Trinajstić information content (AvgIpc) is 3.01. The van der Waals surface area contributed by atoms with Crippen LogP contribution >= 0.6 is 11.6 Å². The molecule has 2 unspecified atom stereocenters. The highest BCUT2D eigenvalue weighted by molar-refractivity contribution is 7.90. The highest BCUT2D eigenvalue weighted by Crippen LogP contribution is 2.45. The number of ether oxygens (including phenoxy) is 1. The van der Waals surface area contributed by atoms with E-state index in [0.29, 0.717) is 41.2 Å². The van der Waals surface area contributed by atoms with Crippen molar-refractivity contribution >= 4 is 39.1 Å². The van der Waals surface area contributed by atoms with Gasteiger partial charge in [-0.25, -0.2) is 13.1 Å². The minimum absolute atomic E-state index is 0.139. The molecule has 2 aromatic rings. The molecule has 0 spiro atoms. The number of anilines is 1. The number of sulfonamides is 1. The molecular formula is C35H48ClN3O5S. The third-order valence-electron chi connectivity index (χ3n) is 10.5. The lowest BCUT2D eigenvalue weighted by Gasteiger charge is -2.45. The number of nitrogens with zero attached hydrogens (tertiary/aromatic N) is 2. The van der Waals surface area contributed by atoms with E-state index in [1.807, 2.05) is 39.2 Å². The van der Waals surface area contributed by atoms with E-state index >= 15 is 0 Å². The first-order valence-electron chi connectivity index (χ1n) is 16.5. The van der Waals surface area contributed by atoms with Gasteiger partial charge in [0, 0.05) is 44.2 Å². The molecule has 8 nitrogen and oxygen atoms in total. The number of fused-ring (bicyclic) bond motifs is 3. The second-order valence-corrected chi connectivity index (χ2v) is 16.1. The normalized spacial score (nSPS) is 27.4. The van der Waals surface area contributed by atoms with E-state index < -0.39 is 21.2 Å². The molecule has 0 radical (unpaired) electrons. The van der Waals surface area contributed by atoms with Crippen LogP contribution in [-0.2, 0) is 27.8 Å². The Morgan fingerprint density at radius 1 is 1.02 bits per heavy atom. The minimum Gasteiger partial charge on any atom is -0.487 e. The highest BCUT2D eigenvalue weighted by atomic mass is 35.5. The van der Waals surface area contributed by atoms with Gasteiger partial charge in [-0.2, -0.15) is 0 Å². The summed E-state index contributed by atoms with van der Waals surface area (Å²) in [6, 6.07) is 11.2. The zero-order chi connectivity index (χ0) is 32.3. The first kappa shape index (κ1) is 33.6. The number of halogens is 1. The van der Waals surface area contributed by atoms with Gasteiger partial charge in [0.15, 0.2) is 0 Å². The third kappa shape index (κ3) is 7.97. The van der Waals surface area contributed by atoms with Crippen molar-refractivity contribution in [3.05, 3.63) is 58.1 Å². The average molecular weight is 658 g/mol. The SMILES string of the molecule is CC1[C@@H](C)CCC[C@H](CC(=O)N(C)C)C2CC[C@H]2CN2CCCCc3cc(Cl)ccc3COc3ccc(cc32)C(=O)NS1(=O)=O. The Morgan fingerprint density at radius 2 is 1.82 bits per heavy atom. The minimum atomic E-state index is -3.90. The smallest absolute Gasteiger partial charge is 0.264 e. The Bertz CT molecular complexity index is 1500. The molecule has 3 aliphatic rings. The van der Waals surface area contributed by atoms with Gasteiger partial charge in [-0.15, -0.1) is 0 Å². The Hall–Kier alpha value is -2.78. The second-order valence-electron chi connectivity index (χ2n) is 13.6. The Kier molecular flexibility index (Phi) is 10.7. The first-order chi connectivity index (χ1) is 21.4. The predicted molar refractivity (Wildman–Crippen MR) is 179 cm³/mol. The van der Waals surface area contributed by atoms with Gasteiger partial charge in [0.2, 0.25) is 15.9 Å². The van der Waals surface area contributed by atoms with Crippen molar-refractivity contribution in [3.8, 4) is 5.75 Å². The lowest BCUT2D eigenvalue weighted by atomic mass is 9.64.